The molecule has 0 spiro atoms. The van der Waals surface area contributed by atoms with Gasteiger partial charge in [-0.1, -0.05) is 42.8 Å². The van der Waals surface area contributed by atoms with Crippen LogP contribution in [0.1, 0.15) is 19.3 Å². The van der Waals surface area contributed by atoms with Crippen LogP contribution in [0.25, 0.3) is 77.6 Å². The highest BCUT2D eigenvalue weighted by molar-refractivity contribution is 5.98. The van der Waals surface area contributed by atoms with Crippen LogP contribution in [0.4, 0.5) is 0 Å². The van der Waals surface area contributed by atoms with Gasteiger partial charge in [0.25, 0.3) is 0 Å². The van der Waals surface area contributed by atoms with Gasteiger partial charge in [0.15, 0.2) is 11.3 Å². The number of benzene rings is 2. The minimum absolute atomic E-state index is 0.638. The Labute approximate surface area is 393 Å². The highest BCUT2D eigenvalue weighted by atomic mass is 16.5. The first-order valence-electron chi connectivity index (χ1n) is 23.4. The third kappa shape index (κ3) is 9.45. The van der Waals surface area contributed by atoms with Crippen LogP contribution in [-0.2, 0) is 0 Å². The van der Waals surface area contributed by atoms with E-state index in [2.05, 4.69) is 57.4 Å². The maximum atomic E-state index is 5.87. The predicted octanol–water partition coefficient (Wildman–Crippen LogP) is 8.16. The Morgan fingerprint density at radius 3 is 1.43 bits per heavy atom. The molecule has 1 N–H and O–H groups in total. The summed E-state index contributed by atoms with van der Waals surface area (Å²) in [6.07, 6.45) is 22.7. The zero-order valence-corrected chi connectivity index (χ0v) is 37.7. The van der Waals surface area contributed by atoms with Gasteiger partial charge in [-0.15, -0.1) is 0 Å². The number of nitrogens with zero attached hydrogens (tertiary/aromatic N) is 12. The Hall–Kier alpha value is -7.72. The van der Waals surface area contributed by atoms with E-state index in [1.165, 1.54) is 32.4 Å². The fourth-order valence-electron chi connectivity index (χ4n) is 9.04. The molecule has 2 aliphatic rings. The van der Waals surface area contributed by atoms with Gasteiger partial charge in [0.1, 0.15) is 13.2 Å². The number of piperidine rings is 1. The van der Waals surface area contributed by atoms with Crippen molar-refractivity contribution in [2.75, 3.05) is 65.6 Å². The average molecular weight is 902 g/mol. The van der Waals surface area contributed by atoms with Gasteiger partial charge in [0.05, 0.1) is 23.4 Å². The maximum absolute atomic E-state index is 5.87. The van der Waals surface area contributed by atoms with Gasteiger partial charge in [-0.2, -0.15) is 10.2 Å². The number of hydrogen-bond donors (Lipinski definition) is 1. The normalized spacial score (nSPS) is 14.6. The molecule has 0 radical (unpaired) electrons. The fourth-order valence-corrected chi connectivity index (χ4v) is 9.04. The molecule has 15 nitrogen and oxygen atoms in total. The van der Waals surface area contributed by atoms with Gasteiger partial charge < -0.3 is 14.8 Å². The van der Waals surface area contributed by atoms with Crippen molar-refractivity contribution in [3.63, 3.8) is 0 Å². The van der Waals surface area contributed by atoms with Crippen LogP contribution in [0, 0.1) is 0 Å². The summed E-state index contributed by atoms with van der Waals surface area (Å²) in [6.45, 7) is 9.76. The van der Waals surface area contributed by atoms with E-state index < -0.39 is 0 Å². The second-order valence-electron chi connectivity index (χ2n) is 17.1. The van der Waals surface area contributed by atoms with Crippen molar-refractivity contribution < 1.29 is 9.47 Å². The van der Waals surface area contributed by atoms with Crippen molar-refractivity contribution in [2.45, 2.75) is 19.3 Å². The van der Waals surface area contributed by atoms with E-state index in [1.54, 1.807) is 0 Å². The van der Waals surface area contributed by atoms with Crippen molar-refractivity contribution in [1.82, 2.24) is 64.2 Å². The van der Waals surface area contributed by atoms with Crippen molar-refractivity contribution in [2.24, 2.45) is 0 Å². The smallest absolute Gasteiger partial charge is 0.213 e. The SMILES string of the molecule is c1ccc2c(-c3cnn4cc(-c5ccc(OCCN6CCCCC6)nc5)cnc34)ccnc2c1.c1ccc2c(-c3cnn4cc(-c5ccc(OCCN6CCNCC6)nc5)cnc34)ccnc2c1. The molecule has 2 aromatic carbocycles. The van der Waals surface area contributed by atoms with E-state index in [-0.39, 0.29) is 0 Å². The molecule has 2 aliphatic heterocycles. The zero-order valence-electron chi connectivity index (χ0n) is 37.7. The Balaban J connectivity index is 0.000000149. The summed E-state index contributed by atoms with van der Waals surface area (Å²) in [5.74, 6) is 1.29. The topological polar surface area (TPSA) is 149 Å². The number of likely N-dealkylation sites (tertiary alicyclic amines) is 1. The highest BCUT2D eigenvalue weighted by Crippen LogP contribution is 2.32. The van der Waals surface area contributed by atoms with Crippen LogP contribution in [0.5, 0.6) is 11.8 Å². The Morgan fingerprint density at radius 2 is 0.926 bits per heavy atom. The summed E-state index contributed by atoms with van der Waals surface area (Å²) in [5, 5.41) is 14.7. The Morgan fingerprint density at radius 1 is 0.441 bits per heavy atom. The van der Waals surface area contributed by atoms with Crippen LogP contribution in [0.15, 0.2) is 147 Å². The summed E-state index contributed by atoms with van der Waals surface area (Å²) in [5.41, 5.74) is 11.5. The minimum atomic E-state index is 0.638. The van der Waals surface area contributed by atoms with E-state index in [0.29, 0.717) is 25.0 Å². The number of pyridine rings is 4. The average Bonchev–Trinajstić information content (AvgIpc) is 4.04. The predicted molar refractivity (Wildman–Crippen MR) is 265 cm³/mol. The lowest BCUT2D eigenvalue weighted by atomic mass is 10.0. The van der Waals surface area contributed by atoms with Gasteiger partial charge in [-0.3, -0.25) is 19.8 Å². The second kappa shape index (κ2) is 20.0. The molecule has 340 valence electrons. The Bertz CT molecular complexity index is 3060. The summed E-state index contributed by atoms with van der Waals surface area (Å²) in [4.78, 5) is 32.3. The van der Waals surface area contributed by atoms with Crippen LogP contribution in [0.3, 0.4) is 0 Å². The van der Waals surface area contributed by atoms with Crippen LogP contribution in [0.2, 0.25) is 0 Å². The molecule has 0 aliphatic carbocycles. The molecular weight excluding hydrogens is 851 g/mol. The van der Waals surface area contributed by atoms with E-state index in [9.17, 15) is 0 Å². The molecule has 15 heteroatoms. The van der Waals surface area contributed by atoms with Crippen LogP contribution < -0.4 is 14.8 Å². The maximum Gasteiger partial charge on any atom is 0.213 e. The van der Waals surface area contributed by atoms with Crippen molar-refractivity contribution in [3.8, 4) is 56.3 Å². The molecule has 0 amide bonds. The summed E-state index contributed by atoms with van der Waals surface area (Å²) in [6, 6.07) is 28.1. The van der Waals surface area contributed by atoms with E-state index >= 15 is 0 Å². The van der Waals surface area contributed by atoms with Gasteiger partial charge in [0.2, 0.25) is 11.8 Å². The van der Waals surface area contributed by atoms with Crippen molar-refractivity contribution in [3.05, 3.63) is 147 Å². The molecule has 0 saturated carbocycles. The molecule has 8 aromatic heterocycles. The van der Waals surface area contributed by atoms with Crippen LogP contribution >= 0.6 is 0 Å². The molecule has 2 saturated heterocycles. The van der Waals surface area contributed by atoms with E-state index in [0.717, 1.165) is 117 Å². The molecule has 10 heterocycles. The number of aromatic nitrogens is 10. The zero-order chi connectivity index (χ0) is 45.5. The third-order valence-corrected chi connectivity index (χ3v) is 12.7. The van der Waals surface area contributed by atoms with Gasteiger partial charge >= 0.3 is 0 Å². The summed E-state index contributed by atoms with van der Waals surface area (Å²) >= 11 is 0. The molecule has 68 heavy (non-hydrogen) atoms. The first-order chi connectivity index (χ1) is 33.7. The molecule has 0 atom stereocenters. The fraction of sp³-hybridized carbons (Fsp3) is 0.245. The number of piperazine rings is 1. The third-order valence-electron chi connectivity index (χ3n) is 12.7. The molecule has 12 rings (SSSR count). The molecule has 0 bridgehead atoms. The van der Waals surface area contributed by atoms with Crippen molar-refractivity contribution >= 4 is 33.1 Å². The highest BCUT2D eigenvalue weighted by Gasteiger charge is 2.16. The van der Waals surface area contributed by atoms with Gasteiger partial charge in [0, 0.05) is 145 Å². The Kier molecular flexibility index (Phi) is 12.6. The van der Waals surface area contributed by atoms with Gasteiger partial charge in [-0.25, -0.2) is 29.0 Å². The van der Waals surface area contributed by atoms with Crippen molar-refractivity contribution in [1.29, 1.82) is 0 Å². The number of fused-ring (bicyclic) bond motifs is 4. The number of rotatable bonds is 12. The first kappa shape index (κ1) is 42.9. The van der Waals surface area contributed by atoms with E-state index in [4.69, 9.17) is 19.4 Å². The second-order valence-corrected chi connectivity index (χ2v) is 17.1. The standard InChI is InChI=1S/C27H26N6O.C26H25N7O/c1-4-12-32(13-5-1)14-15-34-26-9-8-20(16-29-26)21-17-30-27-24(18-31-33(27)19-21)22-10-11-28-25-7-3-2-6-23(22)25;1-2-4-24-22(3-1)21(7-8-28-24)23-17-31-33-18-20(16-30-26(23)33)19-5-6-25(29-15-19)34-14-13-32-11-9-27-10-12-32/h2-3,6-11,16-19H,1,4-5,12-15H2;1-8,15-18,27H,9-14H2. The molecule has 10 aromatic rings. The van der Waals surface area contributed by atoms with Crippen LogP contribution in [-0.4, -0.2) is 125 Å². The number of hydrogen-bond acceptors (Lipinski definition) is 13. The lowest BCUT2D eigenvalue weighted by molar-refractivity contribution is 0.180. The van der Waals surface area contributed by atoms with E-state index in [1.807, 2.05) is 144 Å². The molecule has 2 fully saturated rings. The number of ether oxygens (including phenoxy) is 2. The molecule has 0 unspecified atom stereocenters. The minimum Gasteiger partial charge on any atom is -0.476 e. The lowest BCUT2D eigenvalue weighted by Crippen LogP contribution is -2.44. The monoisotopic (exact) mass is 901 g/mol. The first-order valence-corrected chi connectivity index (χ1v) is 23.4. The quantitative estimate of drug-likeness (QED) is 0.126. The molecular formula is C53H51N13O2. The summed E-state index contributed by atoms with van der Waals surface area (Å²) < 4.78 is 15.4. The summed E-state index contributed by atoms with van der Waals surface area (Å²) in [7, 11) is 0. The largest absolute Gasteiger partial charge is 0.476 e. The lowest BCUT2D eigenvalue weighted by Gasteiger charge is -2.26. The number of nitrogens with one attached hydrogen (secondary N) is 1. The van der Waals surface area contributed by atoms with Gasteiger partial charge in [-0.05, 0) is 73.5 Å². The number of para-hydroxylation sites is 2.